The quantitative estimate of drug-likeness (QED) is 0.680. The lowest BCUT2D eigenvalue weighted by Crippen LogP contribution is -2.55. The lowest BCUT2D eigenvalue weighted by Gasteiger charge is -2.52. The SMILES string of the molecule is CC(=O)C1=C[C@@]2(O1)C(C)=CC(=O)CC2(C)C. The van der Waals surface area contributed by atoms with Crippen molar-refractivity contribution in [1.29, 1.82) is 0 Å². The summed E-state index contributed by atoms with van der Waals surface area (Å²) in [6.45, 7) is 7.36. The number of hydrogen-bond acceptors (Lipinski definition) is 3. The van der Waals surface area contributed by atoms with Gasteiger partial charge in [-0.3, -0.25) is 9.59 Å². The highest BCUT2D eigenvalue weighted by molar-refractivity contribution is 5.96. The molecule has 0 unspecified atom stereocenters. The van der Waals surface area contributed by atoms with E-state index in [0.29, 0.717) is 12.2 Å². The molecule has 0 amide bonds. The molecule has 0 saturated carbocycles. The molecule has 3 nitrogen and oxygen atoms in total. The third-order valence-corrected chi connectivity index (χ3v) is 3.54. The van der Waals surface area contributed by atoms with Gasteiger partial charge in [0.15, 0.2) is 22.9 Å². The van der Waals surface area contributed by atoms with Crippen LogP contribution in [0.4, 0.5) is 0 Å². The zero-order chi connectivity index (χ0) is 12.1. The first kappa shape index (κ1) is 11.1. The Bertz CT molecular complexity index is 440. The van der Waals surface area contributed by atoms with Crippen molar-refractivity contribution in [3.63, 3.8) is 0 Å². The van der Waals surface area contributed by atoms with Gasteiger partial charge in [-0.05, 0) is 18.6 Å². The van der Waals surface area contributed by atoms with Crippen molar-refractivity contribution in [3.05, 3.63) is 23.5 Å². The molecule has 0 bridgehead atoms. The van der Waals surface area contributed by atoms with Crippen LogP contribution in [0.1, 0.15) is 34.1 Å². The number of hydrogen-bond donors (Lipinski definition) is 0. The summed E-state index contributed by atoms with van der Waals surface area (Å²) in [4.78, 5) is 22.7. The fourth-order valence-corrected chi connectivity index (χ4v) is 2.56. The first-order chi connectivity index (χ1) is 7.28. The maximum Gasteiger partial charge on any atom is 0.194 e. The molecule has 86 valence electrons. The second kappa shape index (κ2) is 3.06. The van der Waals surface area contributed by atoms with Crippen molar-refractivity contribution in [2.45, 2.75) is 39.7 Å². The van der Waals surface area contributed by atoms with Crippen molar-refractivity contribution < 1.29 is 14.3 Å². The van der Waals surface area contributed by atoms with Gasteiger partial charge in [0.1, 0.15) is 0 Å². The molecule has 0 aromatic carbocycles. The first-order valence-electron chi connectivity index (χ1n) is 5.43. The summed E-state index contributed by atoms with van der Waals surface area (Å²) in [5, 5.41) is 0. The standard InChI is InChI=1S/C13H16O3/c1-8-5-10(15)6-12(3,4)13(8)7-11(16-13)9(2)14/h5,7H,6H2,1-4H3/t13-/m1/s1. The Hall–Kier alpha value is -1.38. The maximum absolute atomic E-state index is 11.5. The average Bonchev–Trinajstić information content (AvgIpc) is 1.95. The smallest absolute Gasteiger partial charge is 0.194 e. The molecular formula is C13H16O3. The Labute approximate surface area is 95.2 Å². The molecule has 2 rings (SSSR count). The fourth-order valence-electron chi connectivity index (χ4n) is 2.56. The molecule has 0 radical (unpaired) electrons. The van der Waals surface area contributed by atoms with Gasteiger partial charge in [-0.25, -0.2) is 0 Å². The zero-order valence-electron chi connectivity index (χ0n) is 10.1. The van der Waals surface area contributed by atoms with Gasteiger partial charge >= 0.3 is 0 Å². The molecule has 1 aliphatic carbocycles. The van der Waals surface area contributed by atoms with Crippen LogP contribution in [0.2, 0.25) is 0 Å². The molecule has 1 atom stereocenters. The van der Waals surface area contributed by atoms with E-state index in [1.807, 2.05) is 26.8 Å². The molecule has 16 heavy (non-hydrogen) atoms. The summed E-state index contributed by atoms with van der Waals surface area (Å²) in [5.74, 6) is 0.475. The van der Waals surface area contributed by atoms with E-state index >= 15 is 0 Å². The van der Waals surface area contributed by atoms with Crippen LogP contribution in [0, 0.1) is 5.41 Å². The highest BCUT2D eigenvalue weighted by Gasteiger charge is 2.56. The summed E-state index contributed by atoms with van der Waals surface area (Å²) in [7, 11) is 0. The lowest BCUT2D eigenvalue weighted by atomic mass is 9.62. The Morgan fingerprint density at radius 1 is 1.44 bits per heavy atom. The zero-order valence-corrected chi connectivity index (χ0v) is 10.1. The second-order valence-electron chi connectivity index (χ2n) is 5.26. The number of ketones is 2. The highest BCUT2D eigenvalue weighted by Crippen LogP contribution is 2.52. The van der Waals surface area contributed by atoms with E-state index in [-0.39, 0.29) is 17.0 Å². The minimum absolute atomic E-state index is 0.0638. The van der Waals surface area contributed by atoms with Gasteiger partial charge in [0, 0.05) is 24.8 Å². The molecular weight excluding hydrogens is 204 g/mol. The minimum atomic E-state index is -0.554. The predicted octanol–water partition coefficient (Wildman–Crippen LogP) is 2.17. The van der Waals surface area contributed by atoms with Crippen molar-refractivity contribution in [3.8, 4) is 0 Å². The van der Waals surface area contributed by atoms with E-state index in [4.69, 9.17) is 4.74 Å². The van der Waals surface area contributed by atoms with Crippen molar-refractivity contribution in [2.75, 3.05) is 0 Å². The molecule has 0 aromatic rings. The highest BCUT2D eigenvalue weighted by atomic mass is 16.5. The summed E-state index contributed by atoms with van der Waals surface area (Å²) < 4.78 is 5.70. The number of rotatable bonds is 1. The van der Waals surface area contributed by atoms with E-state index in [9.17, 15) is 9.59 Å². The maximum atomic E-state index is 11.5. The molecule has 1 spiro atoms. The van der Waals surface area contributed by atoms with Crippen LogP contribution in [0.15, 0.2) is 23.5 Å². The molecule has 0 fully saturated rings. The summed E-state index contributed by atoms with van der Waals surface area (Å²) in [5.41, 5.74) is 0.0443. The van der Waals surface area contributed by atoms with E-state index in [2.05, 4.69) is 0 Å². The van der Waals surface area contributed by atoms with Crippen LogP contribution in [-0.4, -0.2) is 17.2 Å². The third-order valence-electron chi connectivity index (χ3n) is 3.54. The van der Waals surface area contributed by atoms with Gasteiger partial charge in [0.25, 0.3) is 0 Å². The van der Waals surface area contributed by atoms with Crippen molar-refractivity contribution >= 4 is 11.6 Å². The van der Waals surface area contributed by atoms with Crippen LogP contribution in [0.3, 0.4) is 0 Å². The molecule has 3 heteroatoms. The second-order valence-corrected chi connectivity index (χ2v) is 5.26. The molecule has 1 heterocycles. The molecule has 0 aromatic heterocycles. The Morgan fingerprint density at radius 2 is 2.00 bits per heavy atom. The van der Waals surface area contributed by atoms with Crippen molar-refractivity contribution in [1.82, 2.24) is 0 Å². The molecule has 2 aliphatic rings. The molecule has 0 saturated heterocycles. The van der Waals surface area contributed by atoms with Crippen molar-refractivity contribution in [2.24, 2.45) is 5.41 Å². The van der Waals surface area contributed by atoms with E-state index in [0.717, 1.165) is 5.57 Å². The largest absolute Gasteiger partial charge is 0.475 e. The third kappa shape index (κ3) is 1.27. The van der Waals surface area contributed by atoms with E-state index < -0.39 is 5.60 Å². The van der Waals surface area contributed by atoms with Gasteiger partial charge in [-0.2, -0.15) is 0 Å². The van der Waals surface area contributed by atoms with Crippen LogP contribution >= 0.6 is 0 Å². The van der Waals surface area contributed by atoms with Crippen LogP contribution in [0.5, 0.6) is 0 Å². The first-order valence-corrected chi connectivity index (χ1v) is 5.43. The minimum Gasteiger partial charge on any atom is -0.475 e. The van der Waals surface area contributed by atoms with Crippen LogP contribution in [0.25, 0.3) is 0 Å². The number of carbonyl (C=O) groups excluding carboxylic acids is 2. The molecule has 1 aliphatic heterocycles. The number of Topliss-reactive ketones (excluding diaryl/α,β-unsaturated/α-hetero) is 1. The van der Waals surface area contributed by atoms with Gasteiger partial charge in [-0.1, -0.05) is 13.8 Å². The number of carbonyl (C=O) groups is 2. The normalized spacial score (nSPS) is 31.4. The summed E-state index contributed by atoms with van der Waals surface area (Å²) >= 11 is 0. The van der Waals surface area contributed by atoms with Gasteiger partial charge < -0.3 is 4.74 Å². The predicted molar refractivity (Wildman–Crippen MR) is 59.7 cm³/mol. The fraction of sp³-hybridized carbons (Fsp3) is 0.538. The molecule has 0 N–H and O–H groups in total. The Kier molecular flexibility index (Phi) is 2.13. The van der Waals surface area contributed by atoms with E-state index in [1.165, 1.54) is 6.92 Å². The summed E-state index contributed by atoms with van der Waals surface area (Å²) in [6, 6.07) is 0. The van der Waals surface area contributed by atoms with Gasteiger partial charge in [0.05, 0.1) is 0 Å². The number of ether oxygens (including phenoxy) is 1. The number of allylic oxidation sites excluding steroid dienone is 2. The van der Waals surface area contributed by atoms with Crippen LogP contribution in [-0.2, 0) is 14.3 Å². The monoisotopic (exact) mass is 220 g/mol. The van der Waals surface area contributed by atoms with Gasteiger partial charge in [0.2, 0.25) is 0 Å². The Morgan fingerprint density at radius 3 is 2.44 bits per heavy atom. The van der Waals surface area contributed by atoms with Crippen LogP contribution < -0.4 is 0 Å². The Balaban J connectivity index is 2.46. The lowest BCUT2D eigenvalue weighted by molar-refractivity contribution is -0.134. The topological polar surface area (TPSA) is 43.4 Å². The average molecular weight is 220 g/mol. The summed E-state index contributed by atoms with van der Waals surface area (Å²) in [6.07, 6.45) is 3.93. The van der Waals surface area contributed by atoms with Gasteiger partial charge in [-0.15, -0.1) is 0 Å². The van der Waals surface area contributed by atoms with E-state index in [1.54, 1.807) is 6.08 Å².